The third-order valence-electron chi connectivity index (χ3n) is 5.85. The molecular weight excluding hydrogens is 416 g/mol. The topological polar surface area (TPSA) is 81.7 Å². The molecule has 4 aromatic rings. The van der Waals surface area contributed by atoms with Gasteiger partial charge in [-0.2, -0.15) is 9.78 Å². The van der Waals surface area contributed by atoms with E-state index in [1.54, 1.807) is 4.90 Å². The largest absolute Gasteiger partial charge is 0.332 e. The van der Waals surface area contributed by atoms with E-state index < -0.39 is 11.6 Å². The predicted molar refractivity (Wildman–Crippen MR) is 110 cm³/mol. The zero-order valence-electron chi connectivity index (χ0n) is 17.4. The van der Waals surface area contributed by atoms with Crippen molar-refractivity contribution in [2.24, 2.45) is 7.05 Å². The third kappa shape index (κ3) is 3.33. The first-order valence-corrected chi connectivity index (χ1v) is 10.0. The van der Waals surface area contributed by atoms with E-state index in [2.05, 4.69) is 26.5 Å². The van der Waals surface area contributed by atoms with E-state index >= 15 is 0 Å². The van der Waals surface area contributed by atoms with Crippen molar-refractivity contribution in [1.82, 2.24) is 34.7 Å². The van der Waals surface area contributed by atoms with E-state index in [1.807, 2.05) is 43.0 Å². The molecule has 0 aliphatic carbocycles. The van der Waals surface area contributed by atoms with Crippen LogP contribution < -0.4 is 0 Å². The van der Waals surface area contributed by atoms with Crippen molar-refractivity contribution in [2.75, 3.05) is 6.54 Å². The summed E-state index contributed by atoms with van der Waals surface area (Å²) >= 11 is 0. The van der Waals surface area contributed by atoms with Crippen molar-refractivity contribution in [1.29, 1.82) is 0 Å². The minimum absolute atomic E-state index is 0.0381. The SMILES string of the molecule is Cc1c(C2CN(C(=O)c3cn(-c4ncc(F)cc4F)nn3)Cc3ccccc32)cnn1C. The van der Waals surface area contributed by atoms with Crippen molar-refractivity contribution in [3.63, 3.8) is 0 Å². The molecule has 0 bridgehead atoms. The highest BCUT2D eigenvalue weighted by molar-refractivity contribution is 5.92. The Kier molecular flexibility index (Phi) is 4.76. The Balaban J connectivity index is 1.47. The van der Waals surface area contributed by atoms with Crippen LogP contribution in [0, 0.1) is 18.6 Å². The van der Waals surface area contributed by atoms with Crippen molar-refractivity contribution in [2.45, 2.75) is 19.4 Å². The summed E-state index contributed by atoms with van der Waals surface area (Å²) in [6, 6.07) is 8.72. The number of hydrogen-bond acceptors (Lipinski definition) is 5. The number of hydrogen-bond donors (Lipinski definition) is 0. The predicted octanol–water partition coefficient (Wildman–Crippen LogP) is 2.77. The number of aromatic nitrogens is 6. The minimum atomic E-state index is -0.895. The number of amides is 1. The summed E-state index contributed by atoms with van der Waals surface area (Å²) in [5, 5.41) is 12.1. The van der Waals surface area contributed by atoms with Gasteiger partial charge in [-0.25, -0.2) is 13.8 Å². The Bertz CT molecular complexity index is 1330. The molecule has 0 N–H and O–H groups in total. The molecule has 10 heteroatoms. The van der Waals surface area contributed by atoms with Gasteiger partial charge >= 0.3 is 0 Å². The second-order valence-corrected chi connectivity index (χ2v) is 7.75. The van der Waals surface area contributed by atoms with Gasteiger partial charge in [-0.1, -0.05) is 29.5 Å². The number of halogens is 2. The summed E-state index contributed by atoms with van der Waals surface area (Å²) in [6.07, 6.45) is 4.02. The van der Waals surface area contributed by atoms with Crippen LogP contribution in [0.25, 0.3) is 5.82 Å². The summed E-state index contributed by atoms with van der Waals surface area (Å²) in [4.78, 5) is 18.7. The van der Waals surface area contributed by atoms with E-state index in [0.717, 1.165) is 33.3 Å². The fourth-order valence-corrected chi connectivity index (χ4v) is 4.09. The fourth-order valence-electron chi connectivity index (χ4n) is 4.09. The Morgan fingerprint density at radius 3 is 2.72 bits per heavy atom. The highest BCUT2D eigenvalue weighted by atomic mass is 19.1. The Hall–Kier alpha value is -3.95. The number of nitrogens with zero attached hydrogens (tertiary/aromatic N) is 7. The number of aryl methyl sites for hydroxylation is 1. The summed E-state index contributed by atoms with van der Waals surface area (Å²) in [6.45, 7) is 2.86. The highest BCUT2D eigenvalue weighted by Crippen LogP contribution is 2.35. The van der Waals surface area contributed by atoms with E-state index in [9.17, 15) is 13.6 Å². The normalized spacial score (nSPS) is 15.6. The van der Waals surface area contributed by atoms with Gasteiger partial charge in [0.15, 0.2) is 17.3 Å². The van der Waals surface area contributed by atoms with E-state index in [1.165, 1.54) is 6.20 Å². The van der Waals surface area contributed by atoms with Crippen molar-refractivity contribution in [3.05, 3.63) is 88.6 Å². The lowest BCUT2D eigenvalue weighted by atomic mass is 9.85. The lowest BCUT2D eigenvalue weighted by molar-refractivity contribution is 0.0718. The number of carbonyl (C=O) groups is 1. The van der Waals surface area contributed by atoms with Gasteiger partial charge in [-0.05, 0) is 18.1 Å². The van der Waals surface area contributed by atoms with Gasteiger partial charge in [-0.15, -0.1) is 5.10 Å². The van der Waals surface area contributed by atoms with Gasteiger partial charge in [0.1, 0.15) is 5.82 Å². The van der Waals surface area contributed by atoms with Crippen LogP contribution in [0.4, 0.5) is 8.78 Å². The molecule has 1 atom stereocenters. The zero-order valence-corrected chi connectivity index (χ0v) is 17.4. The Labute approximate surface area is 182 Å². The molecule has 162 valence electrons. The maximum absolute atomic E-state index is 14.1. The average molecular weight is 435 g/mol. The van der Waals surface area contributed by atoms with Crippen LogP contribution in [0.15, 0.2) is 48.9 Å². The number of carbonyl (C=O) groups excluding carboxylic acids is 1. The van der Waals surface area contributed by atoms with Crippen LogP contribution in [0.1, 0.15) is 38.8 Å². The average Bonchev–Trinajstić information content (AvgIpc) is 3.40. The molecular formula is C22H19F2N7O. The molecule has 8 nitrogen and oxygen atoms in total. The smallest absolute Gasteiger partial charge is 0.276 e. The quantitative estimate of drug-likeness (QED) is 0.494. The maximum Gasteiger partial charge on any atom is 0.276 e. The molecule has 1 aliphatic rings. The van der Waals surface area contributed by atoms with E-state index in [4.69, 9.17) is 0 Å². The second-order valence-electron chi connectivity index (χ2n) is 7.75. The minimum Gasteiger partial charge on any atom is -0.332 e. The van der Waals surface area contributed by atoms with Gasteiger partial charge in [0.25, 0.3) is 5.91 Å². The summed E-state index contributed by atoms with van der Waals surface area (Å²) in [5.74, 6) is -2.30. The van der Waals surface area contributed by atoms with Crippen molar-refractivity contribution in [3.8, 4) is 5.82 Å². The van der Waals surface area contributed by atoms with E-state index in [0.29, 0.717) is 19.2 Å². The third-order valence-corrected chi connectivity index (χ3v) is 5.85. The molecule has 3 aromatic heterocycles. The van der Waals surface area contributed by atoms with Crippen LogP contribution in [-0.4, -0.2) is 47.1 Å². The Morgan fingerprint density at radius 1 is 1.16 bits per heavy atom. The number of rotatable bonds is 3. The van der Waals surface area contributed by atoms with Crippen molar-refractivity contribution < 1.29 is 13.6 Å². The molecule has 4 heterocycles. The number of benzene rings is 1. The first-order chi connectivity index (χ1) is 15.4. The number of pyridine rings is 1. The molecule has 0 saturated carbocycles. The highest BCUT2D eigenvalue weighted by Gasteiger charge is 2.32. The molecule has 1 aliphatic heterocycles. The van der Waals surface area contributed by atoms with Crippen LogP contribution in [-0.2, 0) is 13.6 Å². The second kappa shape index (κ2) is 7.63. The summed E-state index contributed by atoms with van der Waals surface area (Å²) < 4.78 is 30.0. The molecule has 0 fully saturated rings. The van der Waals surface area contributed by atoms with E-state index in [-0.39, 0.29) is 23.3 Å². The number of fused-ring (bicyclic) bond motifs is 1. The molecule has 0 saturated heterocycles. The molecule has 1 aromatic carbocycles. The van der Waals surface area contributed by atoms with Gasteiger partial charge in [0.2, 0.25) is 0 Å². The van der Waals surface area contributed by atoms with Crippen molar-refractivity contribution >= 4 is 5.91 Å². The van der Waals surface area contributed by atoms with Crippen LogP contribution >= 0.6 is 0 Å². The lowest BCUT2D eigenvalue weighted by Gasteiger charge is -2.34. The summed E-state index contributed by atoms with van der Waals surface area (Å²) in [5.41, 5.74) is 4.34. The first kappa shape index (κ1) is 20.0. The monoisotopic (exact) mass is 435 g/mol. The zero-order chi connectivity index (χ0) is 22.4. The van der Waals surface area contributed by atoms with Gasteiger partial charge in [0, 0.05) is 43.4 Å². The maximum atomic E-state index is 14.1. The molecule has 1 unspecified atom stereocenters. The molecule has 1 amide bonds. The van der Waals surface area contributed by atoms with Gasteiger partial charge in [-0.3, -0.25) is 9.48 Å². The van der Waals surface area contributed by atoms with Crippen LogP contribution in [0.2, 0.25) is 0 Å². The van der Waals surface area contributed by atoms with Gasteiger partial charge < -0.3 is 4.90 Å². The molecule has 32 heavy (non-hydrogen) atoms. The van der Waals surface area contributed by atoms with Crippen LogP contribution in [0.5, 0.6) is 0 Å². The lowest BCUT2D eigenvalue weighted by Crippen LogP contribution is -2.39. The molecule has 5 rings (SSSR count). The molecule has 0 radical (unpaired) electrons. The fraction of sp³-hybridized carbons (Fsp3) is 0.227. The Morgan fingerprint density at radius 2 is 1.97 bits per heavy atom. The van der Waals surface area contributed by atoms with Crippen LogP contribution in [0.3, 0.4) is 0 Å². The first-order valence-electron chi connectivity index (χ1n) is 10.0. The standard InChI is InChI=1S/C22H19F2N7O/c1-13-17(9-26-29(13)2)18-11-30(10-14-5-3-4-6-16(14)18)22(32)20-12-31(28-27-20)21-19(24)7-15(23)8-25-21/h3-9,12,18H,10-11H2,1-2H3. The van der Waals surface area contributed by atoms with Gasteiger partial charge in [0.05, 0.1) is 18.6 Å². The summed E-state index contributed by atoms with van der Waals surface area (Å²) in [7, 11) is 1.89. The molecule has 0 spiro atoms.